The summed E-state index contributed by atoms with van der Waals surface area (Å²) in [5, 5.41) is 13.3. The number of para-hydroxylation sites is 2. The third-order valence-corrected chi connectivity index (χ3v) is 4.31. The standard InChI is InChI=1S/C21H17N5O2/c1-13-17-11-14(12-22-19(17)26-25-13)20(27)24-18-10-6-5-9-16(18)21(28)23-15-7-3-2-4-8-15/h2-12H,1H3,(H,23,28)(H,24,27)(H,22,25,26). The van der Waals surface area contributed by atoms with E-state index in [4.69, 9.17) is 0 Å². The number of rotatable bonds is 4. The van der Waals surface area contributed by atoms with Crippen molar-refractivity contribution >= 4 is 34.2 Å². The Morgan fingerprint density at radius 2 is 1.68 bits per heavy atom. The molecule has 7 heteroatoms. The molecule has 0 radical (unpaired) electrons. The maximum absolute atomic E-state index is 12.7. The topological polar surface area (TPSA) is 99.8 Å². The first kappa shape index (κ1) is 17.4. The van der Waals surface area contributed by atoms with E-state index in [0.717, 1.165) is 11.1 Å². The molecule has 0 spiro atoms. The van der Waals surface area contributed by atoms with Gasteiger partial charge >= 0.3 is 0 Å². The van der Waals surface area contributed by atoms with Crippen LogP contribution in [0.5, 0.6) is 0 Å². The smallest absolute Gasteiger partial charge is 0.257 e. The van der Waals surface area contributed by atoms with E-state index in [1.165, 1.54) is 6.20 Å². The second kappa shape index (κ2) is 7.32. The number of aryl methyl sites for hydroxylation is 1. The number of H-pyrrole nitrogens is 1. The van der Waals surface area contributed by atoms with Gasteiger partial charge in [0.2, 0.25) is 0 Å². The average Bonchev–Trinajstić information content (AvgIpc) is 3.09. The Morgan fingerprint density at radius 1 is 0.929 bits per heavy atom. The molecule has 28 heavy (non-hydrogen) atoms. The van der Waals surface area contributed by atoms with Gasteiger partial charge in [-0.3, -0.25) is 14.7 Å². The van der Waals surface area contributed by atoms with E-state index < -0.39 is 0 Å². The molecule has 2 aromatic carbocycles. The van der Waals surface area contributed by atoms with Gasteiger partial charge in [0, 0.05) is 23.0 Å². The van der Waals surface area contributed by atoms with E-state index in [9.17, 15) is 9.59 Å². The van der Waals surface area contributed by atoms with Crippen LogP contribution in [-0.2, 0) is 0 Å². The number of hydrogen-bond acceptors (Lipinski definition) is 4. The number of anilines is 2. The molecule has 138 valence electrons. The van der Waals surface area contributed by atoms with Gasteiger partial charge in [-0.2, -0.15) is 5.10 Å². The monoisotopic (exact) mass is 371 g/mol. The number of nitrogens with one attached hydrogen (secondary N) is 3. The molecule has 0 bridgehead atoms. The summed E-state index contributed by atoms with van der Waals surface area (Å²) in [6.07, 6.45) is 1.46. The largest absolute Gasteiger partial charge is 0.322 e. The Kier molecular flexibility index (Phi) is 4.55. The third kappa shape index (κ3) is 3.45. The zero-order chi connectivity index (χ0) is 19.5. The number of aromatic amines is 1. The highest BCUT2D eigenvalue weighted by Crippen LogP contribution is 2.20. The molecule has 0 fully saturated rings. The highest BCUT2D eigenvalue weighted by atomic mass is 16.2. The molecule has 7 nitrogen and oxygen atoms in total. The maximum atomic E-state index is 12.7. The summed E-state index contributed by atoms with van der Waals surface area (Å²) in [4.78, 5) is 29.6. The molecule has 0 saturated heterocycles. The van der Waals surface area contributed by atoms with E-state index in [1.807, 2.05) is 25.1 Å². The van der Waals surface area contributed by atoms with Crippen molar-refractivity contribution in [1.29, 1.82) is 0 Å². The lowest BCUT2D eigenvalue weighted by Gasteiger charge is -2.11. The first-order valence-corrected chi connectivity index (χ1v) is 8.69. The number of fused-ring (bicyclic) bond motifs is 1. The van der Waals surface area contributed by atoms with Crippen molar-refractivity contribution in [3.05, 3.63) is 83.7 Å². The van der Waals surface area contributed by atoms with Crippen LogP contribution in [0.25, 0.3) is 11.0 Å². The minimum Gasteiger partial charge on any atom is -0.322 e. The quantitative estimate of drug-likeness (QED) is 0.508. The molecule has 0 saturated carbocycles. The molecule has 4 rings (SSSR count). The second-order valence-electron chi connectivity index (χ2n) is 6.26. The molecule has 0 aliphatic heterocycles. The number of pyridine rings is 1. The lowest BCUT2D eigenvalue weighted by Crippen LogP contribution is -2.18. The van der Waals surface area contributed by atoms with Gasteiger partial charge in [-0.05, 0) is 37.3 Å². The number of amides is 2. The predicted octanol–water partition coefficient (Wildman–Crippen LogP) is 3.77. The number of carbonyl (C=O) groups is 2. The van der Waals surface area contributed by atoms with Crippen LogP contribution in [-0.4, -0.2) is 27.0 Å². The lowest BCUT2D eigenvalue weighted by molar-refractivity contribution is 0.102. The van der Waals surface area contributed by atoms with Crippen LogP contribution < -0.4 is 10.6 Å². The summed E-state index contributed by atoms with van der Waals surface area (Å²) < 4.78 is 0. The fourth-order valence-electron chi connectivity index (χ4n) is 2.85. The van der Waals surface area contributed by atoms with E-state index in [-0.39, 0.29) is 11.8 Å². The SMILES string of the molecule is Cc1[nH]nc2ncc(C(=O)Nc3ccccc3C(=O)Nc3ccccc3)cc12. The summed E-state index contributed by atoms with van der Waals surface area (Å²) in [6.45, 7) is 1.86. The lowest BCUT2D eigenvalue weighted by atomic mass is 10.1. The van der Waals surface area contributed by atoms with Crippen molar-refractivity contribution in [1.82, 2.24) is 15.2 Å². The zero-order valence-electron chi connectivity index (χ0n) is 15.1. The van der Waals surface area contributed by atoms with Gasteiger partial charge in [0.05, 0.1) is 16.8 Å². The third-order valence-electron chi connectivity index (χ3n) is 4.31. The molecule has 0 atom stereocenters. The van der Waals surface area contributed by atoms with Gasteiger partial charge in [-0.15, -0.1) is 0 Å². The van der Waals surface area contributed by atoms with Crippen LogP contribution in [0.15, 0.2) is 66.9 Å². The van der Waals surface area contributed by atoms with Crippen LogP contribution in [0.2, 0.25) is 0 Å². The maximum Gasteiger partial charge on any atom is 0.257 e. The van der Waals surface area contributed by atoms with E-state index in [0.29, 0.717) is 28.1 Å². The van der Waals surface area contributed by atoms with E-state index >= 15 is 0 Å². The fourth-order valence-corrected chi connectivity index (χ4v) is 2.85. The molecule has 0 aliphatic rings. The number of nitrogens with zero attached hydrogens (tertiary/aromatic N) is 2. The summed E-state index contributed by atoms with van der Waals surface area (Å²) in [6, 6.07) is 17.7. The normalized spacial score (nSPS) is 10.6. The van der Waals surface area contributed by atoms with Crippen molar-refractivity contribution in [2.45, 2.75) is 6.92 Å². The summed E-state index contributed by atoms with van der Waals surface area (Å²) in [5.74, 6) is -0.656. The van der Waals surface area contributed by atoms with Crippen LogP contribution in [0.4, 0.5) is 11.4 Å². The number of hydrogen-bond donors (Lipinski definition) is 3. The van der Waals surface area contributed by atoms with Crippen molar-refractivity contribution < 1.29 is 9.59 Å². The molecule has 3 N–H and O–H groups in total. The molecule has 0 aliphatic carbocycles. The average molecular weight is 371 g/mol. The van der Waals surface area contributed by atoms with Gasteiger partial charge in [-0.1, -0.05) is 30.3 Å². The summed E-state index contributed by atoms with van der Waals surface area (Å²) in [5.41, 5.74) is 3.24. The van der Waals surface area contributed by atoms with Crippen molar-refractivity contribution in [3.8, 4) is 0 Å². The van der Waals surface area contributed by atoms with Crippen LogP contribution in [0, 0.1) is 6.92 Å². The minimum atomic E-state index is -0.352. The van der Waals surface area contributed by atoms with Gasteiger partial charge in [-0.25, -0.2) is 4.98 Å². The van der Waals surface area contributed by atoms with Crippen molar-refractivity contribution in [3.63, 3.8) is 0 Å². The van der Waals surface area contributed by atoms with Crippen LogP contribution in [0.3, 0.4) is 0 Å². The number of benzene rings is 2. The first-order valence-electron chi connectivity index (χ1n) is 8.69. The van der Waals surface area contributed by atoms with Crippen LogP contribution >= 0.6 is 0 Å². The number of aromatic nitrogens is 3. The Morgan fingerprint density at radius 3 is 2.50 bits per heavy atom. The number of carbonyl (C=O) groups excluding carboxylic acids is 2. The van der Waals surface area contributed by atoms with Crippen molar-refractivity contribution in [2.75, 3.05) is 10.6 Å². The second-order valence-corrected chi connectivity index (χ2v) is 6.26. The minimum absolute atomic E-state index is 0.304. The molecular weight excluding hydrogens is 354 g/mol. The Labute approximate surface area is 160 Å². The van der Waals surface area contributed by atoms with Gasteiger partial charge in [0.25, 0.3) is 11.8 Å². The van der Waals surface area contributed by atoms with Crippen LogP contribution in [0.1, 0.15) is 26.4 Å². The van der Waals surface area contributed by atoms with E-state index in [2.05, 4.69) is 25.8 Å². The highest BCUT2D eigenvalue weighted by Gasteiger charge is 2.15. The Bertz CT molecular complexity index is 1170. The van der Waals surface area contributed by atoms with Crippen molar-refractivity contribution in [2.24, 2.45) is 0 Å². The molecule has 2 aromatic heterocycles. The summed E-state index contributed by atoms with van der Waals surface area (Å²) in [7, 11) is 0. The molecule has 4 aromatic rings. The molecule has 2 heterocycles. The van der Waals surface area contributed by atoms with Gasteiger partial charge < -0.3 is 10.6 Å². The zero-order valence-corrected chi connectivity index (χ0v) is 15.1. The highest BCUT2D eigenvalue weighted by molar-refractivity contribution is 6.12. The van der Waals surface area contributed by atoms with Gasteiger partial charge in [0.15, 0.2) is 5.65 Å². The van der Waals surface area contributed by atoms with E-state index in [1.54, 1.807) is 42.5 Å². The molecule has 2 amide bonds. The van der Waals surface area contributed by atoms with Gasteiger partial charge in [0.1, 0.15) is 0 Å². The molecular formula is C21H17N5O2. The first-order chi connectivity index (χ1) is 13.6. The summed E-state index contributed by atoms with van der Waals surface area (Å²) >= 11 is 0. The fraction of sp³-hybridized carbons (Fsp3) is 0.0476. The predicted molar refractivity (Wildman–Crippen MR) is 107 cm³/mol. The Hall–Kier alpha value is -4.00. The molecule has 0 unspecified atom stereocenters. The Balaban J connectivity index is 1.58.